The number of hydrogen-bond acceptors (Lipinski definition) is 3. The van der Waals surface area contributed by atoms with Gasteiger partial charge in [-0.25, -0.2) is 18.0 Å². The molecule has 0 fully saturated rings. The standard InChI is InChI=1S/C19H17F3N2O3/c1-27-19(26)24-8-7-11-5-6-12(20)9-13(11)17(24)18(25)23-10-14-15(21)3-2-4-16(14)22/h2-6,9,17H,7-8,10H2,1H3,(H,23,25)/t17-/m1/s1. The van der Waals surface area contributed by atoms with Gasteiger partial charge in [0.1, 0.15) is 23.5 Å². The highest BCUT2D eigenvalue weighted by molar-refractivity contribution is 5.87. The van der Waals surface area contributed by atoms with E-state index in [-0.39, 0.29) is 12.1 Å². The Hall–Kier alpha value is -3.03. The molecule has 0 saturated carbocycles. The number of carbonyl (C=O) groups is 2. The number of nitrogens with zero attached hydrogens (tertiary/aromatic N) is 1. The summed E-state index contributed by atoms with van der Waals surface area (Å²) in [5.74, 6) is -2.83. The summed E-state index contributed by atoms with van der Waals surface area (Å²) in [5.41, 5.74) is 0.734. The summed E-state index contributed by atoms with van der Waals surface area (Å²) in [5, 5.41) is 2.43. The summed E-state index contributed by atoms with van der Waals surface area (Å²) in [7, 11) is 1.17. The normalized spacial score (nSPS) is 15.9. The summed E-state index contributed by atoms with van der Waals surface area (Å²) >= 11 is 0. The monoisotopic (exact) mass is 378 g/mol. The summed E-state index contributed by atoms with van der Waals surface area (Å²) < 4.78 is 46.0. The first-order chi connectivity index (χ1) is 12.9. The van der Waals surface area contributed by atoms with E-state index < -0.39 is 42.0 Å². The molecule has 3 rings (SSSR count). The molecule has 2 amide bonds. The number of ether oxygens (including phenoxy) is 1. The second-order valence-corrected chi connectivity index (χ2v) is 6.08. The van der Waals surface area contributed by atoms with Crippen LogP contribution in [0.25, 0.3) is 0 Å². The van der Waals surface area contributed by atoms with E-state index in [0.29, 0.717) is 17.5 Å². The molecule has 1 aliphatic rings. The van der Waals surface area contributed by atoms with Gasteiger partial charge in [-0.1, -0.05) is 12.1 Å². The number of benzene rings is 2. The molecule has 0 aromatic heterocycles. The smallest absolute Gasteiger partial charge is 0.410 e. The predicted octanol–water partition coefficient (Wildman–Crippen LogP) is 3.09. The first kappa shape index (κ1) is 18.8. The molecule has 27 heavy (non-hydrogen) atoms. The van der Waals surface area contributed by atoms with Crippen molar-refractivity contribution in [1.82, 2.24) is 10.2 Å². The first-order valence-corrected chi connectivity index (χ1v) is 8.26. The number of amides is 2. The van der Waals surface area contributed by atoms with E-state index in [0.717, 1.165) is 17.0 Å². The first-order valence-electron chi connectivity index (χ1n) is 8.26. The van der Waals surface area contributed by atoms with Crippen LogP contribution in [0, 0.1) is 17.5 Å². The topological polar surface area (TPSA) is 58.6 Å². The molecule has 1 atom stereocenters. The number of nitrogens with one attached hydrogen (secondary N) is 1. The fourth-order valence-corrected chi connectivity index (χ4v) is 3.16. The Kier molecular flexibility index (Phi) is 5.34. The number of hydrogen-bond donors (Lipinski definition) is 1. The Morgan fingerprint density at radius 2 is 1.89 bits per heavy atom. The molecular formula is C19H17F3N2O3. The number of carbonyl (C=O) groups excluding carboxylic acids is 2. The van der Waals surface area contributed by atoms with Crippen LogP contribution in [0.5, 0.6) is 0 Å². The largest absolute Gasteiger partial charge is 0.453 e. The maximum absolute atomic E-state index is 13.8. The number of methoxy groups -OCH3 is 1. The van der Waals surface area contributed by atoms with Crippen molar-refractivity contribution in [3.63, 3.8) is 0 Å². The molecule has 0 bridgehead atoms. The van der Waals surface area contributed by atoms with Crippen molar-refractivity contribution in [2.45, 2.75) is 19.0 Å². The quantitative estimate of drug-likeness (QED) is 0.893. The minimum Gasteiger partial charge on any atom is -0.453 e. The van der Waals surface area contributed by atoms with Gasteiger partial charge in [-0.05, 0) is 41.8 Å². The molecule has 0 aliphatic carbocycles. The van der Waals surface area contributed by atoms with Crippen molar-refractivity contribution in [1.29, 1.82) is 0 Å². The van der Waals surface area contributed by atoms with E-state index in [4.69, 9.17) is 4.74 Å². The Labute approximate surface area is 153 Å². The van der Waals surface area contributed by atoms with Crippen LogP contribution in [0.4, 0.5) is 18.0 Å². The molecule has 1 aliphatic heterocycles. The van der Waals surface area contributed by atoms with Gasteiger partial charge in [0.15, 0.2) is 0 Å². The van der Waals surface area contributed by atoms with Crippen molar-refractivity contribution in [3.8, 4) is 0 Å². The van der Waals surface area contributed by atoms with Crippen LogP contribution < -0.4 is 5.32 Å². The van der Waals surface area contributed by atoms with E-state index in [1.165, 1.54) is 25.3 Å². The lowest BCUT2D eigenvalue weighted by Crippen LogP contribution is -2.47. The van der Waals surface area contributed by atoms with Crippen LogP contribution in [-0.2, 0) is 22.5 Å². The van der Waals surface area contributed by atoms with Crippen LogP contribution in [0.15, 0.2) is 36.4 Å². The molecule has 2 aromatic carbocycles. The molecule has 0 saturated heterocycles. The molecule has 0 unspecified atom stereocenters. The van der Waals surface area contributed by atoms with Crippen molar-refractivity contribution < 1.29 is 27.5 Å². The van der Waals surface area contributed by atoms with Crippen molar-refractivity contribution in [3.05, 3.63) is 70.5 Å². The van der Waals surface area contributed by atoms with Crippen LogP contribution >= 0.6 is 0 Å². The molecule has 1 heterocycles. The second-order valence-electron chi connectivity index (χ2n) is 6.08. The van der Waals surface area contributed by atoms with E-state index in [1.54, 1.807) is 6.07 Å². The van der Waals surface area contributed by atoms with Gasteiger partial charge in [-0.15, -0.1) is 0 Å². The molecular weight excluding hydrogens is 361 g/mol. The Morgan fingerprint density at radius 3 is 2.56 bits per heavy atom. The fourth-order valence-electron chi connectivity index (χ4n) is 3.16. The molecule has 1 N–H and O–H groups in total. The third-order valence-electron chi connectivity index (χ3n) is 4.49. The molecule has 2 aromatic rings. The second kappa shape index (κ2) is 7.69. The number of halogens is 3. The van der Waals surface area contributed by atoms with Gasteiger partial charge in [0.2, 0.25) is 5.91 Å². The highest BCUT2D eigenvalue weighted by Gasteiger charge is 2.37. The zero-order chi connectivity index (χ0) is 19.6. The van der Waals surface area contributed by atoms with E-state index in [2.05, 4.69) is 5.32 Å². The Morgan fingerprint density at radius 1 is 1.19 bits per heavy atom. The molecule has 142 valence electrons. The number of rotatable bonds is 3. The maximum Gasteiger partial charge on any atom is 0.410 e. The minimum atomic E-state index is -1.16. The molecule has 5 nitrogen and oxygen atoms in total. The maximum atomic E-state index is 13.8. The minimum absolute atomic E-state index is 0.192. The fraction of sp³-hybridized carbons (Fsp3) is 0.263. The summed E-state index contributed by atoms with van der Waals surface area (Å²) in [4.78, 5) is 26.0. The van der Waals surface area contributed by atoms with Crippen molar-refractivity contribution in [2.24, 2.45) is 0 Å². The van der Waals surface area contributed by atoms with Gasteiger partial charge >= 0.3 is 6.09 Å². The van der Waals surface area contributed by atoms with Crippen molar-refractivity contribution in [2.75, 3.05) is 13.7 Å². The van der Waals surface area contributed by atoms with Crippen LogP contribution in [0.3, 0.4) is 0 Å². The van der Waals surface area contributed by atoms with Crippen LogP contribution in [0.1, 0.15) is 22.7 Å². The lowest BCUT2D eigenvalue weighted by atomic mass is 9.92. The van der Waals surface area contributed by atoms with E-state index in [9.17, 15) is 22.8 Å². The van der Waals surface area contributed by atoms with Gasteiger partial charge < -0.3 is 10.1 Å². The molecule has 0 radical (unpaired) electrons. The lowest BCUT2D eigenvalue weighted by Gasteiger charge is -2.35. The summed E-state index contributed by atoms with van der Waals surface area (Å²) in [6.07, 6.45) is -0.321. The predicted molar refractivity (Wildman–Crippen MR) is 90.2 cm³/mol. The lowest BCUT2D eigenvalue weighted by molar-refractivity contribution is -0.126. The molecule has 8 heteroatoms. The van der Waals surface area contributed by atoms with Crippen LogP contribution in [0.2, 0.25) is 0 Å². The van der Waals surface area contributed by atoms with Gasteiger partial charge in [0.05, 0.1) is 7.11 Å². The third-order valence-corrected chi connectivity index (χ3v) is 4.49. The average Bonchev–Trinajstić information content (AvgIpc) is 2.65. The van der Waals surface area contributed by atoms with Gasteiger partial charge in [0, 0.05) is 18.7 Å². The van der Waals surface area contributed by atoms with Crippen molar-refractivity contribution >= 4 is 12.0 Å². The number of fused-ring (bicyclic) bond motifs is 1. The highest BCUT2D eigenvalue weighted by atomic mass is 19.1. The van der Waals surface area contributed by atoms with Gasteiger partial charge in [0.25, 0.3) is 0 Å². The average molecular weight is 378 g/mol. The van der Waals surface area contributed by atoms with E-state index in [1.807, 2.05) is 0 Å². The van der Waals surface area contributed by atoms with Crippen LogP contribution in [-0.4, -0.2) is 30.6 Å². The summed E-state index contributed by atoms with van der Waals surface area (Å²) in [6.45, 7) is -0.217. The SMILES string of the molecule is COC(=O)N1CCc2ccc(F)cc2[C@@H]1C(=O)NCc1c(F)cccc1F. The summed E-state index contributed by atoms with van der Waals surface area (Å²) in [6, 6.07) is 6.22. The molecule has 0 spiro atoms. The highest BCUT2D eigenvalue weighted by Crippen LogP contribution is 2.31. The Bertz CT molecular complexity index is 868. The van der Waals surface area contributed by atoms with Gasteiger partial charge in [-0.2, -0.15) is 0 Å². The Balaban J connectivity index is 1.89. The zero-order valence-corrected chi connectivity index (χ0v) is 14.5. The third kappa shape index (κ3) is 3.74. The van der Waals surface area contributed by atoms with E-state index >= 15 is 0 Å². The zero-order valence-electron chi connectivity index (χ0n) is 14.5. The van der Waals surface area contributed by atoms with Gasteiger partial charge in [-0.3, -0.25) is 9.69 Å².